The van der Waals surface area contributed by atoms with Crippen molar-refractivity contribution in [1.82, 2.24) is 0 Å². The highest BCUT2D eigenvalue weighted by Crippen LogP contribution is 2.28. The lowest BCUT2D eigenvalue weighted by Crippen LogP contribution is -3.00. The van der Waals surface area contributed by atoms with Crippen LogP contribution in [-0.4, -0.2) is 25.2 Å². The van der Waals surface area contributed by atoms with E-state index in [1.807, 2.05) is 0 Å². The van der Waals surface area contributed by atoms with Gasteiger partial charge in [0.2, 0.25) is 11.0 Å². The standard InChI is InChI=1S/C42H58N2O4S2.2BrH/c1-25-27(3)31(7)37(32(8)28(25)4)21-43-23-49-39(35(43)11)17-19-47-41(45)15-13-14-16-42(46)48-20-18-40-36(12)44(24-50-40)22-38-33(9)29(5)26(2)30(6)34(38)10;;/h23-24H,13-22H2,1-12H3;2*1H/q+2;;/p-2. The first-order valence-corrected chi connectivity index (χ1v) is 19.8. The van der Waals surface area contributed by atoms with Crippen molar-refractivity contribution >= 4 is 34.6 Å². The maximum absolute atomic E-state index is 12.4. The highest BCUT2D eigenvalue weighted by atomic mass is 79.9. The third kappa shape index (κ3) is 10.6. The van der Waals surface area contributed by atoms with E-state index in [0.29, 0.717) is 51.7 Å². The Morgan fingerprint density at radius 2 is 0.788 bits per heavy atom. The van der Waals surface area contributed by atoms with Crippen molar-refractivity contribution in [3.05, 3.63) is 98.9 Å². The number of carbonyl (C=O) groups is 2. The topological polar surface area (TPSA) is 60.4 Å². The first-order valence-electron chi connectivity index (χ1n) is 18.0. The number of esters is 2. The minimum atomic E-state index is -0.208. The van der Waals surface area contributed by atoms with Crippen molar-refractivity contribution in [2.24, 2.45) is 0 Å². The highest BCUT2D eigenvalue weighted by Gasteiger charge is 2.22. The Morgan fingerprint density at radius 1 is 0.500 bits per heavy atom. The van der Waals surface area contributed by atoms with E-state index in [2.05, 4.69) is 103 Å². The van der Waals surface area contributed by atoms with E-state index in [-0.39, 0.29) is 45.9 Å². The molecule has 4 rings (SSSR count). The zero-order valence-electron chi connectivity index (χ0n) is 33.3. The van der Waals surface area contributed by atoms with Crippen molar-refractivity contribution in [2.45, 2.75) is 135 Å². The molecule has 0 unspecified atom stereocenters. The summed E-state index contributed by atoms with van der Waals surface area (Å²) in [6, 6.07) is 0. The number of nitrogens with zero attached hydrogens (tertiary/aromatic N) is 2. The monoisotopic (exact) mass is 876 g/mol. The lowest BCUT2D eigenvalue weighted by atomic mass is 9.89. The molecular weight excluding hydrogens is 820 g/mol. The summed E-state index contributed by atoms with van der Waals surface area (Å²) in [7, 11) is 0. The maximum Gasteiger partial charge on any atom is 0.305 e. The van der Waals surface area contributed by atoms with Gasteiger partial charge in [-0.2, -0.15) is 9.13 Å². The molecular formula is C42H58Br2N2O4S2. The number of benzene rings is 2. The minimum absolute atomic E-state index is 0. The number of unbranched alkanes of at least 4 members (excludes halogenated alkanes) is 1. The summed E-state index contributed by atoms with van der Waals surface area (Å²) in [4.78, 5) is 27.3. The summed E-state index contributed by atoms with van der Waals surface area (Å²) in [5.41, 5.74) is 23.4. The molecule has 2 aromatic heterocycles. The number of rotatable bonds is 15. The molecule has 0 amide bonds. The van der Waals surface area contributed by atoms with E-state index in [9.17, 15) is 9.59 Å². The van der Waals surface area contributed by atoms with Crippen LogP contribution in [0.15, 0.2) is 11.0 Å². The third-order valence-electron chi connectivity index (χ3n) is 11.5. The fraction of sp³-hybridized carbons (Fsp3) is 0.524. The molecule has 0 fully saturated rings. The Labute approximate surface area is 341 Å². The van der Waals surface area contributed by atoms with Gasteiger partial charge in [0, 0.05) is 50.7 Å². The Morgan fingerprint density at radius 3 is 1.10 bits per heavy atom. The van der Waals surface area contributed by atoms with Crippen LogP contribution < -0.4 is 43.1 Å². The highest BCUT2D eigenvalue weighted by molar-refractivity contribution is 7.09. The van der Waals surface area contributed by atoms with E-state index in [1.165, 1.54) is 87.9 Å². The molecule has 0 atom stereocenters. The number of hydrogen-bond donors (Lipinski definition) is 0. The molecule has 0 spiro atoms. The van der Waals surface area contributed by atoms with Gasteiger partial charge in [-0.15, -0.1) is 0 Å². The van der Waals surface area contributed by atoms with Crippen LogP contribution in [0.4, 0.5) is 0 Å². The molecule has 0 aliphatic carbocycles. The number of thiazole rings is 2. The molecule has 2 aromatic carbocycles. The molecule has 0 radical (unpaired) electrons. The van der Waals surface area contributed by atoms with Crippen LogP contribution in [0, 0.1) is 83.1 Å². The number of carbonyl (C=O) groups excluding carboxylic acids is 2. The van der Waals surface area contributed by atoms with Crippen molar-refractivity contribution in [3.63, 3.8) is 0 Å². The Kier molecular flexibility index (Phi) is 17.9. The van der Waals surface area contributed by atoms with Crippen LogP contribution in [0.25, 0.3) is 0 Å². The van der Waals surface area contributed by atoms with Crippen LogP contribution in [0.5, 0.6) is 0 Å². The second-order valence-corrected chi connectivity index (χ2v) is 16.0. The van der Waals surface area contributed by atoms with Crippen LogP contribution in [0.1, 0.15) is 114 Å². The Hall–Kier alpha value is -2.40. The Balaban J connectivity index is 0.00000468. The molecule has 6 nitrogen and oxygen atoms in total. The van der Waals surface area contributed by atoms with E-state index in [0.717, 1.165) is 13.1 Å². The molecule has 0 aliphatic heterocycles. The first kappa shape index (κ1) is 45.8. The fourth-order valence-electron chi connectivity index (χ4n) is 6.86. The lowest BCUT2D eigenvalue weighted by Gasteiger charge is -2.16. The number of aromatic nitrogens is 2. The normalized spacial score (nSPS) is 10.9. The van der Waals surface area contributed by atoms with Crippen LogP contribution >= 0.6 is 22.7 Å². The van der Waals surface area contributed by atoms with Gasteiger partial charge in [-0.1, -0.05) is 22.7 Å². The second kappa shape index (κ2) is 20.3. The van der Waals surface area contributed by atoms with Gasteiger partial charge >= 0.3 is 11.9 Å². The molecule has 0 saturated heterocycles. The number of hydrogen-bond acceptors (Lipinski definition) is 6. The first-order chi connectivity index (χ1) is 23.6. The Bertz CT molecular complexity index is 1700. The average Bonchev–Trinajstić information content (AvgIpc) is 3.63. The average molecular weight is 879 g/mol. The van der Waals surface area contributed by atoms with Crippen molar-refractivity contribution < 1.29 is 62.2 Å². The summed E-state index contributed by atoms with van der Waals surface area (Å²) in [6.45, 7) is 29.0. The van der Waals surface area contributed by atoms with Gasteiger partial charge < -0.3 is 43.4 Å². The predicted molar refractivity (Wildman–Crippen MR) is 205 cm³/mol. The summed E-state index contributed by atoms with van der Waals surface area (Å²) in [5.74, 6) is -0.416. The van der Waals surface area contributed by atoms with Crippen LogP contribution in [0.2, 0.25) is 0 Å². The zero-order chi connectivity index (χ0) is 36.9. The second-order valence-electron chi connectivity index (χ2n) is 14.1. The van der Waals surface area contributed by atoms with Gasteiger partial charge in [0.05, 0.1) is 23.0 Å². The molecule has 10 heteroatoms. The van der Waals surface area contributed by atoms with Gasteiger partial charge in [-0.25, -0.2) is 0 Å². The van der Waals surface area contributed by atoms with Crippen molar-refractivity contribution in [1.29, 1.82) is 0 Å². The van der Waals surface area contributed by atoms with Gasteiger partial charge in [-0.3, -0.25) is 9.59 Å². The molecule has 4 aromatic rings. The van der Waals surface area contributed by atoms with E-state index >= 15 is 0 Å². The molecule has 0 N–H and O–H groups in total. The summed E-state index contributed by atoms with van der Waals surface area (Å²) >= 11 is 3.45. The van der Waals surface area contributed by atoms with Gasteiger partial charge in [0.1, 0.15) is 0 Å². The van der Waals surface area contributed by atoms with Crippen LogP contribution in [0.3, 0.4) is 0 Å². The maximum atomic E-state index is 12.4. The molecule has 0 saturated carbocycles. The summed E-state index contributed by atoms with van der Waals surface area (Å²) < 4.78 is 15.7. The number of ether oxygens (including phenoxy) is 2. The molecule has 0 bridgehead atoms. The van der Waals surface area contributed by atoms with E-state index in [4.69, 9.17) is 9.47 Å². The quantitative estimate of drug-likeness (QED) is 0.105. The summed E-state index contributed by atoms with van der Waals surface area (Å²) in [6.07, 6.45) is 3.27. The predicted octanol–water partition coefficient (Wildman–Crippen LogP) is 2.62. The summed E-state index contributed by atoms with van der Waals surface area (Å²) in [5, 5.41) is 0. The third-order valence-corrected chi connectivity index (χ3v) is 13.8. The minimum Gasteiger partial charge on any atom is -1.00 e. The van der Waals surface area contributed by atoms with E-state index < -0.39 is 0 Å². The SMILES string of the molecule is Cc1c(C)c(C)c(C[n+]2csc(CCOC(=O)CCCCC(=O)OCCc3sc[n+](Cc4c(C)c(C)c(C)c(C)c4C)c3C)c2C)c(C)c1C.[Br-].[Br-]. The lowest BCUT2D eigenvalue weighted by molar-refractivity contribution is -0.690. The largest absolute Gasteiger partial charge is 1.00 e. The molecule has 286 valence electrons. The van der Waals surface area contributed by atoms with Gasteiger partial charge in [-0.05, 0) is 138 Å². The van der Waals surface area contributed by atoms with Gasteiger partial charge in [0.25, 0.3) is 0 Å². The van der Waals surface area contributed by atoms with Crippen molar-refractivity contribution in [3.8, 4) is 0 Å². The van der Waals surface area contributed by atoms with Crippen LogP contribution in [-0.2, 0) is 45.0 Å². The number of halogens is 2. The fourth-order valence-corrected chi connectivity index (χ4v) is 8.82. The molecule has 0 aliphatic rings. The van der Waals surface area contributed by atoms with E-state index in [1.54, 1.807) is 22.7 Å². The zero-order valence-corrected chi connectivity index (χ0v) is 38.1. The smallest absolute Gasteiger partial charge is 0.305 e. The molecule has 52 heavy (non-hydrogen) atoms. The van der Waals surface area contributed by atoms with Crippen molar-refractivity contribution in [2.75, 3.05) is 13.2 Å². The molecule has 2 heterocycles. The van der Waals surface area contributed by atoms with Gasteiger partial charge in [0.15, 0.2) is 24.5 Å².